The van der Waals surface area contributed by atoms with Gasteiger partial charge < -0.3 is 0 Å². The summed E-state index contributed by atoms with van der Waals surface area (Å²) in [5.74, 6) is 0. The second-order valence-electron chi connectivity index (χ2n) is 2.65. The summed E-state index contributed by atoms with van der Waals surface area (Å²) >= 11 is 0. The Morgan fingerprint density at radius 1 is 1.31 bits per heavy atom. The molecule has 0 amide bonds. The van der Waals surface area contributed by atoms with Crippen LogP contribution in [0.5, 0.6) is 0 Å². The van der Waals surface area contributed by atoms with E-state index in [0.717, 1.165) is 12.8 Å². The molecule has 0 saturated heterocycles. The lowest BCUT2D eigenvalue weighted by Crippen LogP contribution is -2.08. The molecule has 1 aromatic rings. The third-order valence-corrected chi connectivity index (χ3v) is 1.67. The summed E-state index contributed by atoms with van der Waals surface area (Å²) in [5, 5.41) is 8.10. The lowest BCUT2D eigenvalue weighted by molar-refractivity contribution is 0.0749. The number of hydroxylamine groups is 1. The molecule has 1 rings (SSSR count). The van der Waals surface area contributed by atoms with Crippen LogP contribution in [0, 0.1) is 11.5 Å². The normalized spacial score (nSPS) is 9.15. The molecule has 0 fully saturated rings. The highest BCUT2D eigenvalue weighted by Gasteiger charge is 1.91. The fourth-order valence-corrected chi connectivity index (χ4v) is 1.08. The molecular formula is C10H12N2O. The van der Waals surface area contributed by atoms with Crippen LogP contribution in [0.25, 0.3) is 0 Å². The van der Waals surface area contributed by atoms with Crippen molar-refractivity contribution in [3.8, 4) is 6.19 Å². The standard InChI is InChI=1S/C10H12N2O/c11-9-12-13-8-4-7-10-5-2-1-3-6-10/h1-3,5-6,12H,4,7-8H2. The molecule has 1 aromatic carbocycles. The number of hydrogen-bond donors (Lipinski definition) is 1. The van der Waals surface area contributed by atoms with E-state index in [1.807, 2.05) is 18.2 Å². The first kappa shape index (κ1) is 9.56. The van der Waals surface area contributed by atoms with Crippen molar-refractivity contribution in [2.24, 2.45) is 0 Å². The summed E-state index contributed by atoms with van der Waals surface area (Å²) in [6, 6.07) is 10.2. The van der Waals surface area contributed by atoms with Gasteiger partial charge in [-0.25, -0.2) is 5.48 Å². The quantitative estimate of drug-likeness (QED) is 0.321. The van der Waals surface area contributed by atoms with Gasteiger partial charge in [-0.15, -0.1) is 0 Å². The van der Waals surface area contributed by atoms with Gasteiger partial charge in [0.15, 0.2) is 0 Å². The Bertz CT molecular complexity index is 266. The number of hydrogen-bond acceptors (Lipinski definition) is 3. The maximum Gasteiger partial charge on any atom is 0.202 e. The molecule has 13 heavy (non-hydrogen) atoms. The fourth-order valence-electron chi connectivity index (χ4n) is 1.08. The first-order valence-electron chi connectivity index (χ1n) is 4.23. The smallest absolute Gasteiger partial charge is 0.202 e. The van der Waals surface area contributed by atoms with Crippen LogP contribution in [-0.2, 0) is 11.3 Å². The number of benzene rings is 1. The van der Waals surface area contributed by atoms with Gasteiger partial charge in [-0.3, -0.25) is 4.84 Å². The van der Waals surface area contributed by atoms with Crippen molar-refractivity contribution >= 4 is 0 Å². The van der Waals surface area contributed by atoms with Crippen LogP contribution in [0.15, 0.2) is 30.3 Å². The second kappa shape index (κ2) is 6.04. The molecule has 0 atom stereocenters. The first-order valence-corrected chi connectivity index (χ1v) is 4.23. The maximum atomic E-state index is 8.10. The molecule has 1 N–H and O–H groups in total. The van der Waals surface area contributed by atoms with Crippen LogP contribution in [0.4, 0.5) is 0 Å². The van der Waals surface area contributed by atoms with Gasteiger partial charge in [0.25, 0.3) is 0 Å². The van der Waals surface area contributed by atoms with Crippen LogP contribution in [0.2, 0.25) is 0 Å². The van der Waals surface area contributed by atoms with Gasteiger partial charge in [-0.2, -0.15) is 5.26 Å². The van der Waals surface area contributed by atoms with E-state index in [0.29, 0.717) is 6.61 Å². The van der Waals surface area contributed by atoms with E-state index in [1.165, 1.54) is 5.56 Å². The molecule has 0 aliphatic heterocycles. The average molecular weight is 176 g/mol. The molecule has 0 spiro atoms. The van der Waals surface area contributed by atoms with Crippen LogP contribution in [-0.4, -0.2) is 6.61 Å². The molecular weight excluding hydrogens is 164 g/mol. The number of nitrogens with zero attached hydrogens (tertiary/aromatic N) is 1. The van der Waals surface area contributed by atoms with Crippen LogP contribution in [0.1, 0.15) is 12.0 Å². The third-order valence-electron chi connectivity index (χ3n) is 1.67. The van der Waals surface area contributed by atoms with Gasteiger partial charge in [0.05, 0.1) is 6.61 Å². The van der Waals surface area contributed by atoms with Crippen molar-refractivity contribution in [3.05, 3.63) is 35.9 Å². The Morgan fingerprint density at radius 3 is 2.77 bits per heavy atom. The SMILES string of the molecule is N#CNOCCCc1ccccc1. The summed E-state index contributed by atoms with van der Waals surface area (Å²) in [4.78, 5) is 4.79. The molecule has 0 aromatic heterocycles. The largest absolute Gasteiger partial charge is 0.267 e. The topological polar surface area (TPSA) is 45.0 Å². The van der Waals surface area contributed by atoms with Crippen LogP contribution < -0.4 is 5.48 Å². The Kier molecular flexibility index (Phi) is 4.44. The summed E-state index contributed by atoms with van der Waals surface area (Å²) in [7, 11) is 0. The molecule has 0 saturated carbocycles. The van der Waals surface area contributed by atoms with E-state index in [2.05, 4.69) is 17.6 Å². The predicted octanol–water partition coefficient (Wildman–Crippen LogP) is 1.62. The zero-order valence-electron chi connectivity index (χ0n) is 7.36. The van der Waals surface area contributed by atoms with Crippen molar-refractivity contribution < 1.29 is 4.84 Å². The maximum absolute atomic E-state index is 8.10. The van der Waals surface area contributed by atoms with E-state index >= 15 is 0 Å². The molecule has 0 aliphatic rings. The van der Waals surface area contributed by atoms with Crippen LogP contribution in [0.3, 0.4) is 0 Å². The highest BCUT2D eigenvalue weighted by Crippen LogP contribution is 2.01. The van der Waals surface area contributed by atoms with Gasteiger partial charge in [0, 0.05) is 0 Å². The van der Waals surface area contributed by atoms with E-state index in [4.69, 9.17) is 10.1 Å². The van der Waals surface area contributed by atoms with Crippen molar-refractivity contribution in [2.75, 3.05) is 6.61 Å². The minimum Gasteiger partial charge on any atom is -0.267 e. The van der Waals surface area contributed by atoms with Gasteiger partial charge in [-0.1, -0.05) is 30.3 Å². The molecule has 0 unspecified atom stereocenters. The second-order valence-corrected chi connectivity index (χ2v) is 2.65. The number of nitriles is 1. The lowest BCUT2D eigenvalue weighted by atomic mass is 10.1. The summed E-state index contributed by atoms with van der Waals surface area (Å²) < 4.78 is 0. The van der Waals surface area contributed by atoms with Crippen molar-refractivity contribution in [1.29, 1.82) is 5.26 Å². The number of rotatable bonds is 5. The first-order chi connectivity index (χ1) is 6.43. The highest BCUT2D eigenvalue weighted by atomic mass is 16.6. The molecule has 0 heterocycles. The molecule has 0 aliphatic carbocycles. The molecule has 0 radical (unpaired) electrons. The van der Waals surface area contributed by atoms with Gasteiger partial charge >= 0.3 is 0 Å². The zero-order chi connectivity index (χ0) is 9.36. The number of aryl methyl sites for hydroxylation is 1. The van der Waals surface area contributed by atoms with Crippen molar-refractivity contribution in [2.45, 2.75) is 12.8 Å². The van der Waals surface area contributed by atoms with Gasteiger partial charge in [0.1, 0.15) is 0 Å². The van der Waals surface area contributed by atoms with Crippen molar-refractivity contribution in [3.63, 3.8) is 0 Å². The minimum atomic E-state index is 0.558. The zero-order valence-corrected chi connectivity index (χ0v) is 7.36. The van der Waals surface area contributed by atoms with Crippen molar-refractivity contribution in [1.82, 2.24) is 5.48 Å². The fraction of sp³-hybridized carbons (Fsp3) is 0.300. The Morgan fingerprint density at radius 2 is 2.08 bits per heavy atom. The van der Waals surface area contributed by atoms with Crippen LogP contribution >= 0.6 is 0 Å². The monoisotopic (exact) mass is 176 g/mol. The van der Waals surface area contributed by atoms with E-state index in [-0.39, 0.29) is 0 Å². The third kappa shape index (κ3) is 4.14. The Hall–Kier alpha value is -1.53. The summed E-state index contributed by atoms with van der Waals surface area (Å²) in [6.45, 7) is 0.558. The predicted molar refractivity (Wildman–Crippen MR) is 49.5 cm³/mol. The van der Waals surface area contributed by atoms with E-state index < -0.39 is 0 Å². The average Bonchev–Trinajstić information content (AvgIpc) is 2.19. The Labute approximate surface area is 77.9 Å². The lowest BCUT2D eigenvalue weighted by Gasteiger charge is -2.00. The molecule has 3 heteroatoms. The van der Waals surface area contributed by atoms with Gasteiger partial charge in [0.2, 0.25) is 6.19 Å². The van der Waals surface area contributed by atoms with E-state index in [1.54, 1.807) is 6.19 Å². The highest BCUT2D eigenvalue weighted by molar-refractivity contribution is 5.14. The van der Waals surface area contributed by atoms with Gasteiger partial charge in [-0.05, 0) is 18.4 Å². The number of nitrogens with one attached hydrogen (secondary N) is 1. The van der Waals surface area contributed by atoms with E-state index in [9.17, 15) is 0 Å². The molecule has 0 bridgehead atoms. The summed E-state index contributed by atoms with van der Waals surface area (Å²) in [6.07, 6.45) is 3.59. The minimum absolute atomic E-state index is 0.558. The Balaban J connectivity index is 2.11. The summed E-state index contributed by atoms with van der Waals surface area (Å²) in [5.41, 5.74) is 3.43. The molecule has 3 nitrogen and oxygen atoms in total. The molecule has 68 valence electrons.